The average Bonchev–Trinajstić information content (AvgIpc) is 1.94. The fourth-order valence-electron chi connectivity index (χ4n) is 2.28. The predicted octanol–water partition coefficient (Wildman–Crippen LogP) is 2.48. The van der Waals surface area contributed by atoms with Gasteiger partial charge in [0, 0.05) is 12.5 Å². The molecule has 1 amide bonds. The van der Waals surface area contributed by atoms with E-state index in [1.165, 1.54) is 19.3 Å². The van der Waals surface area contributed by atoms with E-state index in [0.717, 1.165) is 6.42 Å². The highest BCUT2D eigenvalue weighted by atomic mass is 16.1. The highest BCUT2D eigenvalue weighted by Gasteiger charge is 2.43. The first kappa shape index (κ1) is 10.6. The summed E-state index contributed by atoms with van der Waals surface area (Å²) >= 11 is 0. The number of amides is 1. The molecule has 76 valence electrons. The van der Waals surface area contributed by atoms with Crippen LogP contribution in [0.15, 0.2) is 0 Å². The molecule has 1 saturated carbocycles. The second kappa shape index (κ2) is 3.32. The molecule has 1 aliphatic carbocycles. The van der Waals surface area contributed by atoms with Gasteiger partial charge in [-0.2, -0.15) is 0 Å². The van der Waals surface area contributed by atoms with Gasteiger partial charge in [0.25, 0.3) is 0 Å². The van der Waals surface area contributed by atoms with Gasteiger partial charge in [-0.05, 0) is 25.2 Å². The Labute approximate surface area is 81.1 Å². The van der Waals surface area contributed by atoms with Crippen molar-refractivity contribution in [1.29, 1.82) is 0 Å². The maximum absolute atomic E-state index is 11.1. The van der Waals surface area contributed by atoms with Gasteiger partial charge in [0.1, 0.15) is 0 Å². The summed E-state index contributed by atoms with van der Waals surface area (Å²) in [5.74, 6) is 0.0949. The molecular formula is C11H21NO. The largest absolute Gasteiger partial charge is 0.351 e. The van der Waals surface area contributed by atoms with Crippen molar-refractivity contribution >= 4 is 5.91 Å². The van der Waals surface area contributed by atoms with Gasteiger partial charge in [-0.1, -0.05) is 26.7 Å². The molecule has 2 heteroatoms. The molecular weight excluding hydrogens is 162 g/mol. The molecule has 1 unspecified atom stereocenters. The average molecular weight is 183 g/mol. The van der Waals surface area contributed by atoms with E-state index < -0.39 is 0 Å². The molecule has 2 nitrogen and oxygen atoms in total. The number of hydrogen-bond acceptors (Lipinski definition) is 1. The van der Waals surface area contributed by atoms with Crippen LogP contribution in [0, 0.1) is 5.41 Å². The Kier molecular flexibility index (Phi) is 2.69. The zero-order chi connectivity index (χ0) is 10.1. The quantitative estimate of drug-likeness (QED) is 0.665. The van der Waals surface area contributed by atoms with Crippen LogP contribution in [0.4, 0.5) is 0 Å². The van der Waals surface area contributed by atoms with Gasteiger partial charge in [-0.15, -0.1) is 0 Å². The SMILES string of the molecule is CC(=O)NC1(C)CCCCC1(C)C. The number of rotatable bonds is 1. The molecule has 0 heterocycles. The number of carbonyl (C=O) groups is 1. The summed E-state index contributed by atoms with van der Waals surface area (Å²) in [6, 6.07) is 0. The molecule has 1 atom stereocenters. The van der Waals surface area contributed by atoms with E-state index in [-0.39, 0.29) is 16.9 Å². The summed E-state index contributed by atoms with van der Waals surface area (Å²) in [7, 11) is 0. The lowest BCUT2D eigenvalue weighted by atomic mass is 9.64. The van der Waals surface area contributed by atoms with Crippen molar-refractivity contribution in [3.8, 4) is 0 Å². The van der Waals surface area contributed by atoms with Crippen molar-refractivity contribution in [2.24, 2.45) is 5.41 Å². The van der Waals surface area contributed by atoms with Crippen LogP contribution in [0.2, 0.25) is 0 Å². The Hall–Kier alpha value is -0.530. The smallest absolute Gasteiger partial charge is 0.217 e. The van der Waals surface area contributed by atoms with E-state index in [1.807, 2.05) is 0 Å². The van der Waals surface area contributed by atoms with Gasteiger partial charge in [0.05, 0.1) is 0 Å². The van der Waals surface area contributed by atoms with E-state index in [2.05, 4.69) is 26.1 Å². The van der Waals surface area contributed by atoms with E-state index in [4.69, 9.17) is 0 Å². The summed E-state index contributed by atoms with van der Waals surface area (Å²) in [6.07, 6.45) is 4.85. The molecule has 0 bridgehead atoms. The number of carbonyl (C=O) groups excluding carboxylic acids is 1. The first-order chi connectivity index (χ1) is 5.87. The highest BCUT2D eigenvalue weighted by molar-refractivity contribution is 5.73. The summed E-state index contributed by atoms with van der Waals surface area (Å²) < 4.78 is 0. The predicted molar refractivity (Wildman–Crippen MR) is 54.5 cm³/mol. The van der Waals surface area contributed by atoms with Crippen LogP contribution in [-0.2, 0) is 4.79 Å². The van der Waals surface area contributed by atoms with Crippen LogP contribution in [0.25, 0.3) is 0 Å². The Balaban J connectivity index is 2.77. The molecule has 0 aromatic heterocycles. The van der Waals surface area contributed by atoms with Gasteiger partial charge >= 0.3 is 0 Å². The van der Waals surface area contributed by atoms with Crippen LogP contribution in [-0.4, -0.2) is 11.4 Å². The summed E-state index contributed by atoms with van der Waals surface area (Å²) in [4.78, 5) is 11.1. The molecule has 13 heavy (non-hydrogen) atoms. The summed E-state index contributed by atoms with van der Waals surface area (Å²) in [6.45, 7) is 8.29. The van der Waals surface area contributed by atoms with Gasteiger partial charge in [0.15, 0.2) is 0 Å². The summed E-state index contributed by atoms with van der Waals surface area (Å²) in [5, 5.41) is 3.11. The van der Waals surface area contributed by atoms with E-state index >= 15 is 0 Å². The lowest BCUT2D eigenvalue weighted by Crippen LogP contribution is -2.56. The fraction of sp³-hybridized carbons (Fsp3) is 0.909. The van der Waals surface area contributed by atoms with Crippen molar-refractivity contribution in [3.63, 3.8) is 0 Å². The van der Waals surface area contributed by atoms with Crippen LogP contribution in [0.5, 0.6) is 0 Å². The molecule has 0 radical (unpaired) electrons. The minimum Gasteiger partial charge on any atom is -0.351 e. The van der Waals surface area contributed by atoms with Crippen molar-refractivity contribution in [3.05, 3.63) is 0 Å². The van der Waals surface area contributed by atoms with E-state index in [0.29, 0.717) is 0 Å². The first-order valence-corrected chi connectivity index (χ1v) is 5.16. The Morgan fingerprint density at radius 3 is 2.15 bits per heavy atom. The molecule has 0 saturated heterocycles. The first-order valence-electron chi connectivity index (χ1n) is 5.16. The van der Waals surface area contributed by atoms with Crippen LogP contribution in [0.1, 0.15) is 53.4 Å². The Bertz CT molecular complexity index is 210. The topological polar surface area (TPSA) is 29.1 Å². The normalized spacial score (nSPS) is 32.6. The Morgan fingerprint density at radius 1 is 1.15 bits per heavy atom. The molecule has 1 fully saturated rings. The molecule has 1 rings (SSSR count). The number of nitrogens with one attached hydrogen (secondary N) is 1. The van der Waals surface area contributed by atoms with Crippen LogP contribution in [0.3, 0.4) is 0 Å². The number of hydrogen-bond donors (Lipinski definition) is 1. The molecule has 0 aromatic carbocycles. The third-order valence-electron chi connectivity index (χ3n) is 3.67. The second-order valence-corrected chi connectivity index (χ2v) is 5.10. The summed E-state index contributed by atoms with van der Waals surface area (Å²) in [5.41, 5.74) is 0.230. The van der Waals surface area contributed by atoms with Gasteiger partial charge in [-0.25, -0.2) is 0 Å². The molecule has 0 aromatic rings. The fourth-order valence-corrected chi connectivity index (χ4v) is 2.28. The Morgan fingerprint density at radius 2 is 1.69 bits per heavy atom. The van der Waals surface area contributed by atoms with E-state index in [9.17, 15) is 4.79 Å². The maximum Gasteiger partial charge on any atom is 0.217 e. The molecule has 0 spiro atoms. The lowest BCUT2D eigenvalue weighted by molar-refractivity contribution is -0.123. The minimum absolute atomic E-state index is 0.00289. The van der Waals surface area contributed by atoms with Crippen LogP contribution < -0.4 is 5.32 Å². The van der Waals surface area contributed by atoms with Crippen molar-refractivity contribution in [1.82, 2.24) is 5.32 Å². The molecule has 1 aliphatic rings. The van der Waals surface area contributed by atoms with Crippen molar-refractivity contribution in [2.75, 3.05) is 0 Å². The van der Waals surface area contributed by atoms with E-state index in [1.54, 1.807) is 6.92 Å². The van der Waals surface area contributed by atoms with Gasteiger partial charge in [-0.3, -0.25) is 4.79 Å². The molecule has 1 N–H and O–H groups in total. The highest BCUT2D eigenvalue weighted by Crippen LogP contribution is 2.43. The van der Waals surface area contributed by atoms with Crippen molar-refractivity contribution in [2.45, 2.75) is 58.9 Å². The monoisotopic (exact) mass is 183 g/mol. The lowest BCUT2D eigenvalue weighted by Gasteiger charge is -2.48. The second-order valence-electron chi connectivity index (χ2n) is 5.10. The maximum atomic E-state index is 11.1. The zero-order valence-electron chi connectivity index (χ0n) is 9.24. The standard InChI is InChI=1S/C11H21NO/c1-9(13)12-11(4)8-6-5-7-10(11,2)3/h5-8H2,1-4H3,(H,12,13). The zero-order valence-corrected chi connectivity index (χ0v) is 9.24. The van der Waals surface area contributed by atoms with Crippen LogP contribution >= 0.6 is 0 Å². The third kappa shape index (κ3) is 2.04. The third-order valence-corrected chi connectivity index (χ3v) is 3.67. The van der Waals surface area contributed by atoms with Gasteiger partial charge in [0.2, 0.25) is 5.91 Å². The molecule has 0 aliphatic heterocycles. The van der Waals surface area contributed by atoms with Gasteiger partial charge < -0.3 is 5.32 Å². The van der Waals surface area contributed by atoms with Crippen molar-refractivity contribution < 1.29 is 4.79 Å². The minimum atomic E-state index is -0.00289.